The molecule has 3 N–H and O–H groups in total. The molecule has 3 rings (SSSR count). The summed E-state index contributed by atoms with van der Waals surface area (Å²) in [6, 6.07) is 13.8. The number of ether oxygens (including phenoxy) is 1. The summed E-state index contributed by atoms with van der Waals surface area (Å²) >= 11 is 3.32. The van der Waals surface area contributed by atoms with Gasteiger partial charge < -0.3 is 20.7 Å². The topological polar surface area (TPSA) is 96.5 Å². The van der Waals surface area contributed by atoms with E-state index in [4.69, 9.17) is 4.74 Å². The molecule has 1 atom stereocenters. The molecule has 8 heteroatoms. The summed E-state index contributed by atoms with van der Waals surface area (Å²) in [5, 5.41) is 8.33. The zero-order chi connectivity index (χ0) is 21.3. The van der Waals surface area contributed by atoms with Crippen LogP contribution >= 0.6 is 15.9 Å². The van der Waals surface area contributed by atoms with Gasteiger partial charge in [0.1, 0.15) is 0 Å². The van der Waals surface area contributed by atoms with Gasteiger partial charge in [-0.1, -0.05) is 28.1 Å². The summed E-state index contributed by atoms with van der Waals surface area (Å²) in [5.74, 6) is -0.792. The maximum atomic E-state index is 12.5. The maximum absolute atomic E-state index is 12.5. The minimum Gasteiger partial charge on any atom is -0.376 e. The van der Waals surface area contributed by atoms with Gasteiger partial charge in [0.15, 0.2) is 0 Å². The predicted octanol–water partition coefficient (Wildman–Crippen LogP) is 3.12. The van der Waals surface area contributed by atoms with Crippen molar-refractivity contribution in [3.63, 3.8) is 0 Å². The van der Waals surface area contributed by atoms with E-state index in [9.17, 15) is 14.4 Å². The normalized spacial score (nSPS) is 15.4. The Hall–Kier alpha value is -2.71. The Balaban J connectivity index is 1.48. The van der Waals surface area contributed by atoms with Crippen molar-refractivity contribution in [2.24, 2.45) is 0 Å². The lowest BCUT2D eigenvalue weighted by Crippen LogP contribution is -2.32. The molecule has 0 aliphatic carbocycles. The van der Waals surface area contributed by atoms with Crippen LogP contribution in [0.3, 0.4) is 0 Å². The van der Waals surface area contributed by atoms with E-state index in [0.717, 1.165) is 23.9 Å². The summed E-state index contributed by atoms with van der Waals surface area (Å²) < 4.78 is 6.40. The van der Waals surface area contributed by atoms with Gasteiger partial charge in [-0.25, -0.2) is 0 Å². The highest BCUT2D eigenvalue weighted by molar-refractivity contribution is 9.10. The van der Waals surface area contributed by atoms with Gasteiger partial charge in [-0.05, 0) is 49.2 Å². The first kappa shape index (κ1) is 22.0. The summed E-state index contributed by atoms with van der Waals surface area (Å²) in [4.78, 5) is 36.9. The Kier molecular flexibility index (Phi) is 7.98. The minimum absolute atomic E-state index is 0.0463. The van der Waals surface area contributed by atoms with Crippen LogP contribution in [-0.4, -0.2) is 43.5 Å². The van der Waals surface area contributed by atoms with Crippen molar-refractivity contribution in [2.45, 2.75) is 25.4 Å². The van der Waals surface area contributed by atoms with Gasteiger partial charge in [0.05, 0.1) is 17.4 Å². The first-order valence-electron chi connectivity index (χ1n) is 9.85. The van der Waals surface area contributed by atoms with E-state index in [1.807, 2.05) is 0 Å². The van der Waals surface area contributed by atoms with E-state index in [-0.39, 0.29) is 36.8 Å². The number of hydrogen-bond donors (Lipinski definition) is 3. The van der Waals surface area contributed by atoms with Crippen molar-refractivity contribution in [3.05, 3.63) is 64.1 Å². The molecule has 1 unspecified atom stereocenters. The molecule has 0 saturated carbocycles. The van der Waals surface area contributed by atoms with E-state index in [1.54, 1.807) is 48.5 Å². The monoisotopic (exact) mass is 473 g/mol. The van der Waals surface area contributed by atoms with E-state index < -0.39 is 0 Å². The van der Waals surface area contributed by atoms with Crippen LogP contribution < -0.4 is 16.0 Å². The van der Waals surface area contributed by atoms with E-state index in [2.05, 4.69) is 31.9 Å². The van der Waals surface area contributed by atoms with Gasteiger partial charge in [0.25, 0.3) is 11.8 Å². The molecular weight excluding hydrogens is 450 g/mol. The number of carbonyl (C=O) groups excluding carboxylic acids is 3. The first-order valence-corrected chi connectivity index (χ1v) is 10.6. The van der Waals surface area contributed by atoms with Gasteiger partial charge in [-0.2, -0.15) is 0 Å². The Bertz CT molecular complexity index is 896. The minimum atomic E-state index is -0.287. The molecule has 30 heavy (non-hydrogen) atoms. The molecule has 7 nitrogen and oxygen atoms in total. The molecule has 0 spiro atoms. The Morgan fingerprint density at radius 2 is 1.77 bits per heavy atom. The summed E-state index contributed by atoms with van der Waals surface area (Å²) in [7, 11) is 0. The second kappa shape index (κ2) is 10.9. The van der Waals surface area contributed by atoms with Crippen LogP contribution in [0.25, 0.3) is 0 Å². The van der Waals surface area contributed by atoms with Gasteiger partial charge in [0.2, 0.25) is 5.91 Å². The van der Waals surface area contributed by atoms with Crippen LogP contribution in [0.2, 0.25) is 0 Å². The molecule has 0 radical (unpaired) electrons. The number of hydrogen-bond acceptors (Lipinski definition) is 4. The smallest absolute Gasteiger partial charge is 0.253 e. The van der Waals surface area contributed by atoms with Crippen LogP contribution in [0.1, 0.15) is 40.0 Å². The van der Waals surface area contributed by atoms with Gasteiger partial charge in [-0.15, -0.1) is 0 Å². The van der Waals surface area contributed by atoms with Crippen molar-refractivity contribution in [1.29, 1.82) is 0 Å². The number of benzene rings is 2. The second-order valence-corrected chi connectivity index (χ2v) is 7.87. The van der Waals surface area contributed by atoms with Crippen LogP contribution in [-0.2, 0) is 9.53 Å². The third-order valence-electron chi connectivity index (χ3n) is 4.70. The van der Waals surface area contributed by atoms with Crippen molar-refractivity contribution < 1.29 is 19.1 Å². The molecule has 1 saturated heterocycles. The van der Waals surface area contributed by atoms with Crippen molar-refractivity contribution in [3.8, 4) is 0 Å². The molecule has 0 bridgehead atoms. The van der Waals surface area contributed by atoms with E-state index in [0.29, 0.717) is 23.4 Å². The Morgan fingerprint density at radius 3 is 2.50 bits per heavy atom. The average Bonchev–Trinajstić information content (AvgIpc) is 3.26. The Morgan fingerprint density at radius 1 is 1.00 bits per heavy atom. The third-order valence-corrected chi connectivity index (χ3v) is 5.23. The predicted molar refractivity (Wildman–Crippen MR) is 117 cm³/mol. The standard InChI is InChI=1S/C22H24BrN3O4/c23-16-9-7-15(8-10-16)21(28)24-12-11-20(27)26-19-6-2-1-5-18(19)22(29)25-14-17-4-3-13-30-17/h1-2,5-10,17H,3-4,11-14H2,(H,24,28)(H,25,29)(H,26,27). The van der Waals surface area contributed by atoms with E-state index in [1.165, 1.54) is 0 Å². The molecule has 3 amide bonds. The largest absolute Gasteiger partial charge is 0.376 e. The fourth-order valence-corrected chi connectivity index (χ4v) is 3.37. The zero-order valence-electron chi connectivity index (χ0n) is 16.4. The van der Waals surface area contributed by atoms with Crippen molar-refractivity contribution in [1.82, 2.24) is 10.6 Å². The lowest BCUT2D eigenvalue weighted by Gasteiger charge is -2.14. The van der Waals surface area contributed by atoms with Gasteiger partial charge in [0, 0.05) is 36.2 Å². The number of carbonyl (C=O) groups is 3. The zero-order valence-corrected chi connectivity index (χ0v) is 18.0. The molecule has 1 fully saturated rings. The van der Waals surface area contributed by atoms with Crippen molar-refractivity contribution >= 4 is 39.3 Å². The third kappa shape index (κ3) is 6.40. The first-order chi connectivity index (χ1) is 14.5. The lowest BCUT2D eigenvalue weighted by atomic mass is 10.1. The fourth-order valence-electron chi connectivity index (χ4n) is 3.10. The SMILES string of the molecule is O=C(CCNC(=O)c1ccc(Br)cc1)Nc1ccccc1C(=O)NCC1CCCO1. The van der Waals surface area contributed by atoms with Crippen LogP contribution in [0.5, 0.6) is 0 Å². The second-order valence-electron chi connectivity index (χ2n) is 6.95. The molecule has 158 valence electrons. The summed E-state index contributed by atoms with van der Waals surface area (Å²) in [6.45, 7) is 1.36. The number of nitrogens with one attached hydrogen (secondary N) is 3. The quantitative estimate of drug-likeness (QED) is 0.548. The molecule has 1 heterocycles. The van der Waals surface area contributed by atoms with Crippen LogP contribution in [0.15, 0.2) is 53.0 Å². The number of para-hydroxylation sites is 1. The van der Waals surface area contributed by atoms with Crippen molar-refractivity contribution in [2.75, 3.05) is 25.0 Å². The van der Waals surface area contributed by atoms with Gasteiger partial charge in [-0.3, -0.25) is 14.4 Å². The molecular formula is C22H24BrN3O4. The molecule has 2 aromatic rings. The highest BCUT2D eigenvalue weighted by Gasteiger charge is 2.18. The fraction of sp³-hybridized carbons (Fsp3) is 0.318. The highest BCUT2D eigenvalue weighted by Crippen LogP contribution is 2.16. The number of amides is 3. The lowest BCUT2D eigenvalue weighted by molar-refractivity contribution is -0.116. The van der Waals surface area contributed by atoms with E-state index >= 15 is 0 Å². The van der Waals surface area contributed by atoms with Crippen LogP contribution in [0, 0.1) is 0 Å². The highest BCUT2D eigenvalue weighted by atomic mass is 79.9. The average molecular weight is 474 g/mol. The number of halogens is 1. The van der Waals surface area contributed by atoms with Gasteiger partial charge >= 0.3 is 0 Å². The maximum Gasteiger partial charge on any atom is 0.253 e. The summed E-state index contributed by atoms with van der Waals surface area (Å²) in [6.07, 6.45) is 2.08. The molecule has 2 aromatic carbocycles. The number of anilines is 1. The van der Waals surface area contributed by atoms with Crippen LogP contribution in [0.4, 0.5) is 5.69 Å². The molecule has 0 aromatic heterocycles. The molecule has 1 aliphatic rings. The Labute approximate surface area is 183 Å². The number of rotatable bonds is 8. The summed E-state index contributed by atoms with van der Waals surface area (Å²) in [5.41, 5.74) is 1.35. The molecule has 1 aliphatic heterocycles.